The number of hydrogen-bond acceptors (Lipinski definition) is 3. The third-order valence-electron chi connectivity index (χ3n) is 5.67. The molecule has 0 bridgehead atoms. The normalized spacial score (nSPS) is 23.0. The van der Waals surface area contributed by atoms with Crippen molar-refractivity contribution in [3.63, 3.8) is 0 Å². The van der Waals surface area contributed by atoms with Crippen LogP contribution in [0, 0.1) is 5.92 Å². The van der Waals surface area contributed by atoms with Gasteiger partial charge in [0.25, 0.3) is 5.91 Å². The van der Waals surface area contributed by atoms with Crippen molar-refractivity contribution in [3.8, 4) is 0 Å². The number of halogens is 2. The topological polar surface area (TPSA) is 52.7 Å². The Labute approximate surface area is 177 Å². The van der Waals surface area contributed by atoms with Gasteiger partial charge in [0.1, 0.15) is 6.04 Å². The maximum atomic E-state index is 12.9. The zero-order chi connectivity index (χ0) is 20.1. The van der Waals surface area contributed by atoms with Crippen molar-refractivity contribution in [2.75, 3.05) is 32.7 Å². The van der Waals surface area contributed by atoms with Gasteiger partial charge in [-0.25, -0.2) is 0 Å². The van der Waals surface area contributed by atoms with Gasteiger partial charge in [0.2, 0.25) is 5.91 Å². The summed E-state index contributed by atoms with van der Waals surface area (Å²) in [7, 11) is 0. The minimum atomic E-state index is -0.433. The van der Waals surface area contributed by atoms with Crippen LogP contribution in [0.1, 0.15) is 49.4 Å². The van der Waals surface area contributed by atoms with Gasteiger partial charge in [-0.1, -0.05) is 30.1 Å². The molecule has 2 heterocycles. The van der Waals surface area contributed by atoms with Crippen LogP contribution in [0.15, 0.2) is 18.2 Å². The number of benzene rings is 1. The van der Waals surface area contributed by atoms with Gasteiger partial charge in [-0.15, -0.1) is 0 Å². The smallest absolute Gasteiger partial charge is 0.256 e. The van der Waals surface area contributed by atoms with Crippen molar-refractivity contribution in [1.82, 2.24) is 15.1 Å². The number of rotatable bonds is 6. The average Bonchev–Trinajstić information content (AvgIpc) is 3.16. The fraction of sp³-hybridized carbons (Fsp3) is 0.619. The van der Waals surface area contributed by atoms with E-state index in [0.717, 1.165) is 38.4 Å². The minimum Gasteiger partial charge on any atom is -0.354 e. The van der Waals surface area contributed by atoms with Crippen LogP contribution in [0.5, 0.6) is 0 Å². The van der Waals surface area contributed by atoms with E-state index in [1.54, 1.807) is 23.1 Å². The second kappa shape index (κ2) is 9.95. The molecule has 0 aliphatic carbocycles. The Morgan fingerprint density at radius 1 is 1.18 bits per heavy atom. The van der Waals surface area contributed by atoms with E-state index in [9.17, 15) is 9.59 Å². The lowest BCUT2D eigenvalue weighted by Crippen LogP contribution is -2.46. The van der Waals surface area contributed by atoms with Gasteiger partial charge in [0.05, 0.1) is 10.6 Å². The highest BCUT2D eigenvalue weighted by atomic mass is 35.5. The number of carbonyl (C=O) groups is 2. The lowest BCUT2D eigenvalue weighted by atomic mass is 10.0. The molecular weight excluding hydrogens is 397 g/mol. The van der Waals surface area contributed by atoms with E-state index in [2.05, 4.69) is 17.1 Å². The lowest BCUT2D eigenvalue weighted by molar-refractivity contribution is -0.124. The Morgan fingerprint density at radius 2 is 1.96 bits per heavy atom. The summed E-state index contributed by atoms with van der Waals surface area (Å²) in [5.41, 5.74) is 0.355. The van der Waals surface area contributed by atoms with Crippen LogP contribution < -0.4 is 5.32 Å². The molecule has 2 aliphatic heterocycles. The second-order valence-corrected chi connectivity index (χ2v) is 8.82. The molecule has 5 nitrogen and oxygen atoms in total. The van der Waals surface area contributed by atoms with Crippen molar-refractivity contribution in [2.24, 2.45) is 5.92 Å². The van der Waals surface area contributed by atoms with Gasteiger partial charge in [-0.05, 0) is 69.3 Å². The van der Waals surface area contributed by atoms with E-state index in [0.29, 0.717) is 35.1 Å². The largest absolute Gasteiger partial charge is 0.354 e. The van der Waals surface area contributed by atoms with Gasteiger partial charge in [-0.3, -0.25) is 9.59 Å². The van der Waals surface area contributed by atoms with Gasteiger partial charge >= 0.3 is 0 Å². The SMILES string of the molecule is CC1CCCN(CCCNC(=O)C2CCCN2C(=O)c2cc(Cl)ccc2Cl)C1. The van der Waals surface area contributed by atoms with Crippen molar-refractivity contribution in [1.29, 1.82) is 0 Å². The van der Waals surface area contributed by atoms with Crippen LogP contribution >= 0.6 is 23.2 Å². The van der Waals surface area contributed by atoms with Gasteiger partial charge < -0.3 is 15.1 Å². The highest BCUT2D eigenvalue weighted by Crippen LogP contribution is 2.26. The van der Waals surface area contributed by atoms with Crippen molar-refractivity contribution < 1.29 is 9.59 Å². The number of carbonyl (C=O) groups excluding carboxylic acids is 2. The summed E-state index contributed by atoms with van der Waals surface area (Å²) >= 11 is 12.2. The summed E-state index contributed by atoms with van der Waals surface area (Å²) in [6.45, 7) is 6.82. The number of nitrogens with one attached hydrogen (secondary N) is 1. The number of amides is 2. The lowest BCUT2D eigenvalue weighted by Gasteiger charge is -2.30. The van der Waals surface area contributed by atoms with Crippen molar-refractivity contribution in [2.45, 2.75) is 45.1 Å². The Bertz CT molecular complexity index is 713. The third-order valence-corrected chi connectivity index (χ3v) is 6.23. The molecule has 2 saturated heterocycles. The highest BCUT2D eigenvalue weighted by Gasteiger charge is 2.35. The van der Waals surface area contributed by atoms with Crippen molar-refractivity contribution >= 4 is 35.0 Å². The molecule has 2 amide bonds. The molecule has 2 aliphatic rings. The van der Waals surface area contributed by atoms with Crippen LogP contribution in [0.4, 0.5) is 0 Å². The molecule has 0 saturated carbocycles. The fourth-order valence-corrected chi connectivity index (χ4v) is 4.59. The molecule has 1 aromatic rings. The molecule has 28 heavy (non-hydrogen) atoms. The van der Waals surface area contributed by atoms with Crippen LogP contribution in [0.2, 0.25) is 10.0 Å². The van der Waals surface area contributed by atoms with E-state index in [1.807, 2.05) is 0 Å². The van der Waals surface area contributed by atoms with Crippen LogP contribution in [0.25, 0.3) is 0 Å². The summed E-state index contributed by atoms with van der Waals surface area (Å²) in [5, 5.41) is 3.84. The van der Waals surface area contributed by atoms with Gasteiger partial charge in [0, 0.05) is 24.7 Å². The molecule has 0 aromatic heterocycles. The first-order chi connectivity index (χ1) is 13.5. The quantitative estimate of drug-likeness (QED) is 0.704. The van der Waals surface area contributed by atoms with Gasteiger partial charge in [0.15, 0.2) is 0 Å². The number of hydrogen-bond donors (Lipinski definition) is 1. The Balaban J connectivity index is 1.50. The summed E-state index contributed by atoms with van der Waals surface area (Å²) in [5.74, 6) is 0.461. The highest BCUT2D eigenvalue weighted by molar-refractivity contribution is 6.35. The predicted octanol–water partition coefficient (Wildman–Crippen LogP) is 3.84. The summed E-state index contributed by atoms with van der Waals surface area (Å²) < 4.78 is 0. The first-order valence-corrected chi connectivity index (χ1v) is 11.0. The Hall–Kier alpha value is -1.30. The Morgan fingerprint density at radius 3 is 2.75 bits per heavy atom. The van der Waals surface area contributed by atoms with E-state index in [-0.39, 0.29) is 11.8 Å². The number of nitrogens with zero attached hydrogens (tertiary/aromatic N) is 2. The summed E-state index contributed by atoms with van der Waals surface area (Å²) in [4.78, 5) is 29.7. The Kier molecular flexibility index (Phi) is 7.61. The number of piperidine rings is 1. The molecule has 0 spiro atoms. The zero-order valence-corrected chi connectivity index (χ0v) is 17.9. The first kappa shape index (κ1) is 21.4. The van der Waals surface area contributed by atoms with E-state index < -0.39 is 6.04 Å². The molecule has 3 rings (SSSR count). The average molecular weight is 426 g/mol. The summed E-state index contributed by atoms with van der Waals surface area (Å²) in [6, 6.07) is 4.40. The third kappa shape index (κ3) is 5.40. The van der Waals surface area contributed by atoms with Crippen LogP contribution in [-0.2, 0) is 4.79 Å². The predicted molar refractivity (Wildman–Crippen MR) is 113 cm³/mol. The van der Waals surface area contributed by atoms with E-state index in [4.69, 9.17) is 23.2 Å². The fourth-order valence-electron chi connectivity index (χ4n) is 4.22. The summed E-state index contributed by atoms with van der Waals surface area (Å²) in [6.07, 6.45) is 5.00. The van der Waals surface area contributed by atoms with Gasteiger partial charge in [-0.2, -0.15) is 0 Å². The molecule has 7 heteroatoms. The standard InChI is InChI=1S/C21H29Cl2N3O2/c1-15-5-2-10-25(14-15)11-4-9-24-20(27)19-6-3-12-26(19)21(28)17-13-16(22)7-8-18(17)23/h7-8,13,15,19H,2-6,9-12,14H2,1H3,(H,24,27). The molecule has 2 unspecified atom stereocenters. The maximum absolute atomic E-state index is 12.9. The molecule has 0 radical (unpaired) electrons. The monoisotopic (exact) mass is 425 g/mol. The first-order valence-electron chi connectivity index (χ1n) is 10.2. The van der Waals surface area contributed by atoms with Crippen molar-refractivity contribution in [3.05, 3.63) is 33.8 Å². The molecule has 1 aromatic carbocycles. The zero-order valence-electron chi connectivity index (χ0n) is 16.4. The molecule has 154 valence electrons. The minimum absolute atomic E-state index is 0.0731. The number of likely N-dealkylation sites (tertiary alicyclic amines) is 2. The second-order valence-electron chi connectivity index (χ2n) is 7.97. The van der Waals surface area contributed by atoms with Crippen LogP contribution in [0.3, 0.4) is 0 Å². The molecule has 1 N–H and O–H groups in total. The van der Waals surface area contributed by atoms with E-state index in [1.165, 1.54) is 12.8 Å². The molecule has 2 atom stereocenters. The maximum Gasteiger partial charge on any atom is 0.256 e. The molecular formula is C21H29Cl2N3O2. The van der Waals surface area contributed by atoms with E-state index >= 15 is 0 Å². The molecule has 2 fully saturated rings. The van der Waals surface area contributed by atoms with Crippen LogP contribution in [-0.4, -0.2) is 60.4 Å².